The molecule has 1 N–H and O–H groups in total. The fourth-order valence-electron chi connectivity index (χ4n) is 2.33. The van der Waals surface area contributed by atoms with E-state index in [-0.39, 0.29) is 10.7 Å². The van der Waals surface area contributed by atoms with Crippen LogP contribution in [-0.2, 0) is 11.0 Å². The van der Waals surface area contributed by atoms with Gasteiger partial charge in [-0.3, -0.25) is 4.79 Å². The summed E-state index contributed by atoms with van der Waals surface area (Å²) in [4.78, 5) is 20.8. The molecule has 0 unspecified atom stereocenters. The molecule has 1 aromatic heterocycles. The predicted molar refractivity (Wildman–Crippen MR) is 99.9 cm³/mol. The minimum absolute atomic E-state index is 0.0287. The van der Waals surface area contributed by atoms with Crippen LogP contribution in [0.3, 0.4) is 0 Å². The number of para-hydroxylation sites is 1. The zero-order valence-electron chi connectivity index (χ0n) is 13.9. The number of hydrogen-bond donors (Lipinski definition) is 1. The number of halogens is 4. The fraction of sp³-hybridized carbons (Fsp3) is 0.167. The number of alkyl halides is 3. The Hall–Kier alpha value is -2.32. The Kier molecular flexibility index (Phi) is 5.57. The van der Waals surface area contributed by atoms with E-state index in [1.165, 1.54) is 18.1 Å². The smallest absolute Gasteiger partial charge is 0.324 e. The van der Waals surface area contributed by atoms with Crippen LogP contribution in [0.5, 0.6) is 0 Å². The summed E-state index contributed by atoms with van der Waals surface area (Å²) in [6.45, 7) is 1.64. The molecule has 0 aliphatic carbocycles. The molecule has 27 heavy (non-hydrogen) atoms. The zero-order chi connectivity index (χ0) is 19.6. The van der Waals surface area contributed by atoms with Crippen molar-refractivity contribution in [3.8, 4) is 0 Å². The lowest BCUT2D eigenvalue weighted by atomic mass is 10.2. The average molecular weight is 412 g/mol. The molecule has 1 heterocycles. The van der Waals surface area contributed by atoms with Gasteiger partial charge in [0.05, 0.1) is 27.0 Å². The topological polar surface area (TPSA) is 54.9 Å². The van der Waals surface area contributed by atoms with Gasteiger partial charge in [0, 0.05) is 5.39 Å². The molecule has 0 aliphatic heterocycles. The number of hydrogen-bond acceptors (Lipinski definition) is 4. The number of rotatable bonds is 4. The Bertz CT molecular complexity index is 992. The van der Waals surface area contributed by atoms with Crippen LogP contribution in [0.2, 0.25) is 5.02 Å². The summed E-state index contributed by atoms with van der Waals surface area (Å²) in [6.07, 6.45) is -3.12. The zero-order valence-corrected chi connectivity index (χ0v) is 15.5. The Morgan fingerprint density at radius 2 is 1.93 bits per heavy atom. The molecule has 0 saturated heterocycles. The van der Waals surface area contributed by atoms with Crippen molar-refractivity contribution < 1.29 is 18.0 Å². The van der Waals surface area contributed by atoms with E-state index in [0.29, 0.717) is 5.03 Å². The highest BCUT2D eigenvalue weighted by atomic mass is 35.5. The van der Waals surface area contributed by atoms with Crippen molar-refractivity contribution in [2.45, 2.75) is 23.4 Å². The van der Waals surface area contributed by atoms with Crippen LogP contribution in [0.25, 0.3) is 10.9 Å². The maximum absolute atomic E-state index is 12.9. The summed E-state index contributed by atoms with van der Waals surface area (Å²) in [5, 5.41) is 3.27. The fourth-order valence-corrected chi connectivity index (χ4v) is 3.40. The van der Waals surface area contributed by atoms with E-state index in [1.807, 2.05) is 24.3 Å². The highest BCUT2D eigenvalue weighted by Crippen LogP contribution is 2.34. The molecule has 1 amide bonds. The Labute approximate surface area is 162 Å². The first-order valence-electron chi connectivity index (χ1n) is 7.79. The number of nitrogens with zero attached hydrogens (tertiary/aromatic N) is 2. The predicted octanol–water partition coefficient (Wildman–Crippen LogP) is 5.42. The number of benzene rings is 2. The van der Waals surface area contributed by atoms with Crippen molar-refractivity contribution in [1.29, 1.82) is 0 Å². The molecular weight excluding hydrogens is 399 g/mol. The van der Waals surface area contributed by atoms with E-state index in [4.69, 9.17) is 11.6 Å². The van der Waals surface area contributed by atoms with Crippen molar-refractivity contribution in [2.75, 3.05) is 5.32 Å². The van der Waals surface area contributed by atoms with Crippen molar-refractivity contribution in [3.05, 3.63) is 59.4 Å². The quantitative estimate of drug-likeness (QED) is 0.460. The normalized spacial score (nSPS) is 12.8. The minimum Gasteiger partial charge on any atom is -0.324 e. The van der Waals surface area contributed by atoms with Gasteiger partial charge in [0.25, 0.3) is 0 Å². The molecular formula is C18H13ClF3N3OS. The molecule has 0 saturated carbocycles. The van der Waals surface area contributed by atoms with Gasteiger partial charge in [-0.2, -0.15) is 13.2 Å². The number of aromatic nitrogens is 2. The molecule has 2 aromatic carbocycles. The highest BCUT2D eigenvalue weighted by molar-refractivity contribution is 8.00. The van der Waals surface area contributed by atoms with Crippen LogP contribution >= 0.6 is 23.4 Å². The van der Waals surface area contributed by atoms with E-state index >= 15 is 0 Å². The molecule has 0 aliphatic rings. The van der Waals surface area contributed by atoms with Gasteiger partial charge in [0.2, 0.25) is 5.91 Å². The maximum atomic E-state index is 12.9. The SMILES string of the molecule is C[C@H](Sc1ncnc2ccccc12)C(=O)Nc1cc(C(F)(F)F)ccc1Cl. The molecule has 0 radical (unpaired) electrons. The summed E-state index contributed by atoms with van der Waals surface area (Å²) in [5.41, 5.74) is -0.232. The number of carbonyl (C=O) groups excluding carboxylic acids is 1. The second-order valence-corrected chi connectivity index (χ2v) is 7.37. The maximum Gasteiger partial charge on any atom is 0.416 e. The van der Waals surface area contributed by atoms with E-state index < -0.39 is 22.9 Å². The summed E-state index contributed by atoms with van der Waals surface area (Å²) in [5.74, 6) is -0.482. The molecule has 0 spiro atoms. The third-order valence-corrected chi connectivity index (χ3v) is 5.16. The van der Waals surface area contributed by atoms with Gasteiger partial charge < -0.3 is 5.32 Å². The standard InChI is InChI=1S/C18H13ClF3N3OS/c1-10(27-17-12-4-2-3-5-14(12)23-9-24-17)16(26)25-15-8-11(18(20,21)22)6-7-13(15)19/h2-10H,1H3,(H,25,26)/t10-/m0/s1. The van der Waals surface area contributed by atoms with E-state index in [0.717, 1.165) is 29.1 Å². The summed E-state index contributed by atoms with van der Waals surface area (Å²) in [6, 6.07) is 10.1. The number of amides is 1. The van der Waals surface area contributed by atoms with Gasteiger partial charge in [-0.15, -0.1) is 0 Å². The van der Waals surface area contributed by atoms with Gasteiger partial charge in [-0.25, -0.2) is 9.97 Å². The Balaban J connectivity index is 1.78. The first kappa shape index (κ1) is 19.4. The van der Waals surface area contributed by atoms with Crippen LogP contribution in [-0.4, -0.2) is 21.1 Å². The number of fused-ring (bicyclic) bond motifs is 1. The molecule has 0 fully saturated rings. The average Bonchev–Trinajstić information content (AvgIpc) is 2.62. The monoisotopic (exact) mass is 411 g/mol. The van der Waals surface area contributed by atoms with Crippen molar-refractivity contribution in [1.82, 2.24) is 9.97 Å². The Morgan fingerprint density at radius 1 is 1.19 bits per heavy atom. The molecule has 9 heteroatoms. The number of nitrogens with one attached hydrogen (secondary N) is 1. The van der Waals surface area contributed by atoms with Crippen LogP contribution < -0.4 is 5.32 Å². The van der Waals surface area contributed by atoms with E-state index in [1.54, 1.807) is 6.92 Å². The number of anilines is 1. The van der Waals surface area contributed by atoms with Gasteiger partial charge in [0.15, 0.2) is 0 Å². The van der Waals surface area contributed by atoms with Crippen LogP contribution in [0.4, 0.5) is 18.9 Å². The van der Waals surface area contributed by atoms with E-state index in [2.05, 4.69) is 15.3 Å². The lowest BCUT2D eigenvalue weighted by Gasteiger charge is -2.15. The molecule has 0 bridgehead atoms. The third-order valence-electron chi connectivity index (χ3n) is 3.72. The minimum atomic E-state index is -4.52. The largest absolute Gasteiger partial charge is 0.416 e. The summed E-state index contributed by atoms with van der Waals surface area (Å²) in [7, 11) is 0. The molecule has 4 nitrogen and oxygen atoms in total. The van der Waals surface area contributed by atoms with Crippen molar-refractivity contribution >= 4 is 45.9 Å². The third kappa shape index (κ3) is 4.51. The molecule has 1 atom stereocenters. The number of thioether (sulfide) groups is 1. The first-order valence-corrected chi connectivity index (χ1v) is 9.05. The van der Waals surface area contributed by atoms with Gasteiger partial charge in [0.1, 0.15) is 11.4 Å². The van der Waals surface area contributed by atoms with Crippen molar-refractivity contribution in [3.63, 3.8) is 0 Å². The van der Waals surface area contributed by atoms with Gasteiger partial charge >= 0.3 is 6.18 Å². The Morgan fingerprint density at radius 3 is 2.67 bits per heavy atom. The second kappa shape index (κ2) is 7.74. The first-order chi connectivity index (χ1) is 12.8. The highest BCUT2D eigenvalue weighted by Gasteiger charge is 2.31. The summed E-state index contributed by atoms with van der Waals surface area (Å²) < 4.78 is 38.6. The lowest BCUT2D eigenvalue weighted by molar-refractivity contribution is -0.137. The van der Waals surface area contributed by atoms with Crippen LogP contribution in [0.15, 0.2) is 53.8 Å². The van der Waals surface area contributed by atoms with Gasteiger partial charge in [-0.05, 0) is 31.2 Å². The summed E-state index contributed by atoms with van der Waals surface area (Å²) >= 11 is 7.11. The molecule has 3 rings (SSSR count). The van der Waals surface area contributed by atoms with Gasteiger partial charge in [-0.1, -0.05) is 41.6 Å². The van der Waals surface area contributed by atoms with E-state index in [9.17, 15) is 18.0 Å². The van der Waals surface area contributed by atoms with Crippen LogP contribution in [0.1, 0.15) is 12.5 Å². The number of carbonyl (C=O) groups is 1. The van der Waals surface area contributed by atoms with Crippen molar-refractivity contribution in [2.24, 2.45) is 0 Å². The second-order valence-electron chi connectivity index (χ2n) is 5.64. The molecule has 3 aromatic rings. The lowest BCUT2D eigenvalue weighted by Crippen LogP contribution is -2.23. The molecule has 140 valence electrons. The van der Waals surface area contributed by atoms with Crippen LogP contribution in [0, 0.1) is 0 Å².